The lowest BCUT2D eigenvalue weighted by Crippen LogP contribution is -1.97. The molecule has 0 aliphatic carbocycles. The first-order valence-electron chi connectivity index (χ1n) is 6.45. The fraction of sp³-hybridized carbons (Fsp3) is 0.0588. The molecule has 2 aromatic rings. The highest BCUT2D eigenvalue weighted by Crippen LogP contribution is 2.18. The lowest BCUT2D eigenvalue weighted by molar-refractivity contribution is 0.306. The van der Waals surface area contributed by atoms with Crippen LogP contribution in [0.3, 0.4) is 0 Å². The zero-order valence-corrected chi connectivity index (χ0v) is 12.3. The Morgan fingerprint density at radius 2 is 1.86 bits per heavy atom. The quantitative estimate of drug-likeness (QED) is 0.838. The molecule has 0 aliphatic heterocycles. The second kappa shape index (κ2) is 7.73. The van der Waals surface area contributed by atoms with E-state index in [1.807, 2.05) is 24.3 Å². The van der Waals surface area contributed by atoms with Gasteiger partial charge in [0.05, 0.1) is 0 Å². The van der Waals surface area contributed by atoms with Gasteiger partial charge in [-0.1, -0.05) is 23.7 Å². The lowest BCUT2D eigenvalue weighted by atomic mass is 10.2. The molecule has 0 radical (unpaired) electrons. The predicted octanol–water partition coefficient (Wildman–Crippen LogP) is 4.26. The number of halogens is 1. The minimum absolute atomic E-state index is 0.0165. The van der Waals surface area contributed by atoms with Crippen molar-refractivity contribution < 1.29 is 4.74 Å². The summed E-state index contributed by atoms with van der Waals surface area (Å²) in [5.41, 5.74) is 1.76. The summed E-state index contributed by atoms with van der Waals surface area (Å²) in [5.74, 6) is 0.735. The number of anilines is 1. The maximum absolute atomic E-state index is 8.68. The highest BCUT2D eigenvalue weighted by atomic mass is 35.5. The molecule has 0 aromatic heterocycles. The molecule has 2 rings (SSSR count). The van der Waals surface area contributed by atoms with E-state index >= 15 is 0 Å². The number of nitrogens with zero attached hydrogens (tertiary/aromatic N) is 2. The molecule has 0 saturated heterocycles. The minimum Gasteiger partial charge on any atom is -0.489 e. The lowest BCUT2D eigenvalue weighted by Gasteiger charge is -2.08. The minimum atomic E-state index is 0.0165. The molecular formula is C17H12ClN3O. The van der Waals surface area contributed by atoms with E-state index in [2.05, 4.69) is 5.32 Å². The average molecular weight is 310 g/mol. The molecule has 1 N–H and O–H groups in total. The van der Waals surface area contributed by atoms with Gasteiger partial charge >= 0.3 is 0 Å². The Kier molecular flexibility index (Phi) is 5.43. The highest BCUT2D eigenvalue weighted by molar-refractivity contribution is 6.30. The van der Waals surface area contributed by atoms with Gasteiger partial charge in [0.1, 0.15) is 30.1 Å². The third-order valence-electron chi connectivity index (χ3n) is 2.77. The fourth-order valence-electron chi connectivity index (χ4n) is 1.69. The molecule has 0 atom stereocenters. The van der Waals surface area contributed by atoms with Gasteiger partial charge in [-0.25, -0.2) is 0 Å². The van der Waals surface area contributed by atoms with Crippen molar-refractivity contribution in [3.05, 3.63) is 70.9 Å². The Bertz CT molecular complexity index is 739. The van der Waals surface area contributed by atoms with Crippen molar-refractivity contribution in [3.63, 3.8) is 0 Å². The molecular weight excluding hydrogens is 298 g/mol. The first-order chi connectivity index (χ1) is 10.7. The fourth-order valence-corrected chi connectivity index (χ4v) is 1.82. The van der Waals surface area contributed by atoms with E-state index in [1.54, 1.807) is 36.4 Å². The topological polar surface area (TPSA) is 68.8 Å². The van der Waals surface area contributed by atoms with Gasteiger partial charge in [-0.05, 0) is 42.0 Å². The Labute approximate surface area is 133 Å². The van der Waals surface area contributed by atoms with E-state index in [0.717, 1.165) is 17.0 Å². The molecule has 22 heavy (non-hydrogen) atoms. The number of rotatable bonds is 5. The normalized spacial score (nSPS) is 9.23. The smallest absolute Gasteiger partial charge is 0.145 e. The van der Waals surface area contributed by atoms with E-state index in [0.29, 0.717) is 11.6 Å². The summed E-state index contributed by atoms with van der Waals surface area (Å²) in [6, 6.07) is 18.3. The van der Waals surface area contributed by atoms with Crippen LogP contribution in [0.25, 0.3) is 0 Å². The van der Waals surface area contributed by atoms with Crippen LogP contribution in [-0.4, -0.2) is 0 Å². The molecule has 0 unspecified atom stereocenters. The largest absolute Gasteiger partial charge is 0.489 e. The predicted molar refractivity (Wildman–Crippen MR) is 85.2 cm³/mol. The van der Waals surface area contributed by atoms with Gasteiger partial charge < -0.3 is 10.1 Å². The molecule has 0 fully saturated rings. The third kappa shape index (κ3) is 4.56. The molecule has 0 heterocycles. The van der Waals surface area contributed by atoms with Crippen molar-refractivity contribution in [1.82, 2.24) is 0 Å². The summed E-state index contributed by atoms with van der Waals surface area (Å²) in [7, 11) is 0. The Hall–Kier alpha value is -2.95. The standard InChI is InChI=1S/C17H12ClN3O/c18-15-4-6-17(7-5-15)22-12-13-2-1-3-16(8-13)21-11-14(9-19)10-20/h1-8,11,21H,12H2. The van der Waals surface area contributed by atoms with Gasteiger partial charge in [0, 0.05) is 16.9 Å². The van der Waals surface area contributed by atoms with Gasteiger partial charge in [0.25, 0.3) is 0 Å². The molecule has 2 aromatic carbocycles. The van der Waals surface area contributed by atoms with E-state index in [1.165, 1.54) is 6.20 Å². The van der Waals surface area contributed by atoms with Crippen LogP contribution in [0.1, 0.15) is 5.56 Å². The molecule has 4 nitrogen and oxygen atoms in total. The summed E-state index contributed by atoms with van der Waals surface area (Å²) in [5, 5.41) is 20.9. The van der Waals surface area contributed by atoms with Crippen LogP contribution < -0.4 is 10.1 Å². The molecule has 5 heteroatoms. The van der Waals surface area contributed by atoms with Crippen LogP contribution in [0.2, 0.25) is 5.02 Å². The van der Waals surface area contributed by atoms with Crippen molar-refractivity contribution in [2.75, 3.05) is 5.32 Å². The van der Waals surface area contributed by atoms with Crippen LogP contribution in [0.4, 0.5) is 5.69 Å². The van der Waals surface area contributed by atoms with Crippen molar-refractivity contribution in [2.24, 2.45) is 0 Å². The van der Waals surface area contributed by atoms with E-state index in [9.17, 15) is 0 Å². The van der Waals surface area contributed by atoms with Crippen LogP contribution in [-0.2, 0) is 6.61 Å². The van der Waals surface area contributed by atoms with Crippen molar-refractivity contribution in [1.29, 1.82) is 10.5 Å². The summed E-state index contributed by atoms with van der Waals surface area (Å²) >= 11 is 5.82. The average Bonchev–Trinajstić information content (AvgIpc) is 2.56. The number of allylic oxidation sites excluding steroid dienone is 1. The molecule has 0 aliphatic rings. The van der Waals surface area contributed by atoms with Crippen LogP contribution in [0.5, 0.6) is 5.75 Å². The maximum atomic E-state index is 8.68. The Morgan fingerprint density at radius 3 is 2.55 bits per heavy atom. The molecule has 0 bridgehead atoms. The molecule has 0 spiro atoms. The van der Waals surface area contributed by atoms with Gasteiger partial charge in [0.2, 0.25) is 0 Å². The van der Waals surface area contributed by atoms with Crippen molar-refractivity contribution in [3.8, 4) is 17.9 Å². The summed E-state index contributed by atoms with van der Waals surface area (Å²) < 4.78 is 5.66. The first kappa shape index (κ1) is 15.4. The second-order valence-electron chi connectivity index (χ2n) is 4.37. The Balaban J connectivity index is 2.00. The molecule has 0 saturated carbocycles. The van der Waals surface area contributed by atoms with Gasteiger partial charge in [-0.2, -0.15) is 10.5 Å². The number of ether oxygens (including phenoxy) is 1. The third-order valence-corrected chi connectivity index (χ3v) is 3.02. The van der Waals surface area contributed by atoms with Crippen LogP contribution in [0.15, 0.2) is 60.3 Å². The number of nitrogens with one attached hydrogen (secondary N) is 1. The van der Waals surface area contributed by atoms with Gasteiger partial charge in [-0.3, -0.25) is 0 Å². The van der Waals surface area contributed by atoms with E-state index in [-0.39, 0.29) is 5.57 Å². The van der Waals surface area contributed by atoms with Crippen LogP contribution >= 0.6 is 11.6 Å². The first-order valence-corrected chi connectivity index (χ1v) is 6.83. The Morgan fingerprint density at radius 1 is 1.14 bits per heavy atom. The zero-order chi connectivity index (χ0) is 15.8. The van der Waals surface area contributed by atoms with Crippen LogP contribution in [0, 0.1) is 22.7 Å². The number of hydrogen-bond acceptors (Lipinski definition) is 4. The highest BCUT2D eigenvalue weighted by Gasteiger charge is 1.99. The molecule has 108 valence electrons. The number of benzene rings is 2. The van der Waals surface area contributed by atoms with Crippen molar-refractivity contribution >= 4 is 17.3 Å². The van der Waals surface area contributed by atoms with Crippen molar-refractivity contribution in [2.45, 2.75) is 6.61 Å². The summed E-state index contributed by atoms with van der Waals surface area (Å²) in [4.78, 5) is 0. The molecule has 0 amide bonds. The monoisotopic (exact) mass is 309 g/mol. The van der Waals surface area contributed by atoms with Gasteiger partial charge in [-0.15, -0.1) is 0 Å². The zero-order valence-electron chi connectivity index (χ0n) is 11.6. The summed E-state index contributed by atoms with van der Waals surface area (Å²) in [6.45, 7) is 0.407. The number of hydrogen-bond donors (Lipinski definition) is 1. The van der Waals surface area contributed by atoms with E-state index < -0.39 is 0 Å². The maximum Gasteiger partial charge on any atom is 0.145 e. The SMILES string of the molecule is N#CC(C#N)=CNc1cccc(COc2ccc(Cl)cc2)c1. The van der Waals surface area contributed by atoms with E-state index in [4.69, 9.17) is 26.9 Å². The van der Waals surface area contributed by atoms with Gasteiger partial charge in [0.15, 0.2) is 0 Å². The summed E-state index contributed by atoms with van der Waals surface area (Å²) in [6.07, 6.45) is 1.37. The second-order valence-corrected chi connectivity index (χ2v) is 4.81. The number of nitriles is 2.